The Morgan fingerprint density at radius 1 is 0.372 bits per heavy atom. The molecule has 0 fully saturated rings. The van der Waals surface area contributed by atoms with E-state index in [-0.39, 0.29) is 88.3 Å². The predicted molar refractivity (Wildman–Crippen MR) is 418 cm³/mol. The maximum absolute atomic E-state index is 13.0. The van der Waals surface area contributed by atoms with Gasteiger partial charge in [0.15, 0.2) is 0 Å². The Labute approximate surface area is 660 Å². The zero-order valence-electron chi connectivity index (χ0n) is 63.4. The number of amides is 11. The smallest absolute Gasteiger partial charge is 0.319 e. The highest BCUT2D eigenvalue weighted by Gasteiger charge is 2.23. The van der Waals surface area contributed by atoms with Crippen LogP contribution >= 0.6 is 23.2 Å². The molecule has 0 aliphatic rings. The Hall–Kier alpha value is -12.4. The van der Waals surface area contributed by atoms with Gasteiger partial charge in [-0.15, -0.1) is 0 Å². The highest BCUT2D eigenvalue weighted by atomic mass is 35.5. The third-order valence-electron chi connectivity index (χ3n) is 16.6. The van der Waals surface area contributed by atoms with Crippen LogP contribution in [0.2, 0.25) is 10.2 Å². The molecule has 113 heavy (non-hydrogen) atoms. The number of hydroxylamine groups is 5. The van der Waals surface area contributed by atoms with Crippen LogP contribution in [-0.2, 0) is 11.8 Å². The molecular weight excluding hydrogens is 1510 g/mol. The van der Waals surface area contributed by atoms with E-state index in [1.807, 2.05) is 55.4 Å². The number of carbonyl (C=O) groups excluding carboxylic acids is 10. The van der Waals surface area contributed by atoms with Crippen molar-refractivity contribution in [2.45, 2.75) is 106 Å². The minimum atomic E-state index is -0.619. The Balaban J connectivity index is 0.000000253. The molecule has 0 spiro atoms. The lowest BCUT2D eigenvalue weighted by atomic mass is 9.94. The van der Waals surface area contributed by atoms with Gasteiger partial charge in [0.1, 0.15) is 28.2 Å². The topological polar surface area (TPSA) is 418 Å². The van der Waals surface area contributed by atoms with Crippen LogP contribution in [0, 0.1) is 23.5 Å². The van der Waals surface area contributed by atoms with Crippen molar-refractivity contribution in [3.05, 3.63) is 294 Å². The molecule has 598 valence electrons. The van der Waals surface area contributed by atoms with Crippen molar-refractivity contribution in [3.63, 3.8) is 0 Å². The summed E-state index contributed by atoms with van der Waals surface area (Å²) < 4.78 is 32.8. The highest BCUT2D eigenvalue weighted by Crippen LogP contribution is 2.28. The van der Waals surface area contributed by atoms with E-state index in [0.717, 1.165) is 28.0 Å². The molecule has 0 bridgehead atoms. The molecule has 9 rings (SSSR count). The second-order valence-electron chi connectivity index (χ2n) is 26.0. The molecule has 1 heterocycles. The van der Waals surface area contributed by atoms with Gasteiger partial charge >= 0.3 is 6.03 Å². The van der Waals surface area contributed by atoms with Crippen LogP contribution in [0.1, 0.15) is 210 Å². The lowest BCUT2D eigenvalue weighted by molar-refractivity contribution is -0.124. The quantitative estimate of drug-likeness (QED) is 0.0209. The van der Waals surface area contributed by atoms with Crippen LogP contribution in [0.3, 0.4) is 0 Å². The second-order valence-corrected chi connectivity index (χ2v) is 26.8. The summed E-state index contributed by atoms with van der Waals surface area (Å²) in [7, 11) is 1.64. The van der Waals surface area contributed by atoms with Crippen molar-refractivity contribution >= 4 is 88.1 Å². The van der Waals surface area contributed by atoms with Crippen LogP contribution in [0.5, 0.6) is 5.75 Å². The Kier molecular flexibility index (Phi) is 36.3. The number of benzene rings is 8. The first-order chi connectivity index (χ1) is 53.6. The molecular formula is C81H90Cl2F2N12O16. The van der Waals surface area contributed by atoms with E-state index in [1.165, 1.54) is 71.3 Å². The number of hydrogen-bond acceptors (Lipinski definition) is 16. The number of carbonyl (C=O) groups is 10. The molecule has 1 aromatic heterocycles. The van der Waals surface area contributed by atoms with Gasteiger partial charge in [0.25, 0.3) is 47.3 Å². The van der Waals surface area contributed by atoms with E-state index in [0.29, 0.717) is 55.3 Å². The monoisotopic (exact) mass is 1590 g/mol. The maximum atomic E-state index is 13.0. The lowest BCUT2D eigenvalue weighted by Crippen LogP contribution is -2.31. The van der Waals surface area contributed by atoms with Crippen molar-refractivity contribution in [2.75, 3.05) is 5.32 Å². The molecule has 0 radical (unpaired) electrons. The normalized spacial score (nSPS) is 11.8. The van der Waals surface area contributed by atoms with Gasteiger partial charge in [-0.3, -0.25) is 69.2 Å². The number of nitrogens with zero attached hydrogens (tertiary/aromatic N) is 1. The summed E-state index contributed by atoms with van der Waals surface area (Å²) in [5, 5.41) is 60.4. The minimum Gasteiger partial charge on any atom is -0.491 e. The molecule has 5 atom stereocenters. The zero-order valence-corrected chi connectivity index (χ0v) is 64.9. The fourth-order valence-corrected chi connectivity index (χ4v) is 10.6. The first-order valence-corrected chi connectivity index (χ1v) is 35.7. The van der Waals surface area contributed by atoms with Crippen molar-refractivity contribution in [3.8, 4) is 5.75 Å². The molecule has 9 aromatic rings. The third kappa shape index (κ3) is 28.8. The first kappa shape index (κ1) is 91.2. The first-order valence-electron chi connectivity index (χ1n) is 34.9. The molecule has 0 saturated carbocycles. The largest absolute Gasteiger partial charge is 0.491 e. The molecule has 5 unspecified atom stereocenters. The van der Waals surface area contributed by atoms with Crippen molar-refractivity contribution in [1.82, 2.24) is 58.6 Å². The standard InChI is InChI=1S/C19H22N2O4.C18H19FN2O3.C16H16FN3O3.C15H15Cl2N3O3.C13H18N2O3/c1-12(2)25-17-10-8-15(9-11-17)18(22)20-13(3)14-4-6-16(7-5-14)19(23)21-24;1-11(2)16(12-3-5-14(6-4-12)18(23)21-24)20-17(22)13-7-9-15(19)10-8-13;1-10(11-2-4-12(5-3-11)15(21)20-23)18-16(22)19-14-8-6-13(17)7-9-14;1-8(9-4-3-5-10(6-9)14(21)19-23)18-15(22)12-7-11(16)13(17)20(12)2;1-8(2)12(16)14-9(3)10-4-6-11(7-5-10)13(17)15-18/h4-13,24H,1-3H3,(H,20,22)(H,21,23);3-11,16,24H,1-2H3,(H,20,22)(H,21,23);2-10,23H,1H3,(H,20,21)(H2,18,19,22);3-8,23H,1-2H3,(H,18,22)(H,19,21);4-9,18H,1-3H3,(H,14,16)(H,15,17). The van der Waals surface area contributed by atoms with Crippen LogP contribution < -0.4 is 64.0 Å². The van der Waals surface area contributed by atoms with Gasteiger partial charge in [-0.25, -0.2) is 41.0 Å². The van der Waals surface area contributed by atoms with Gasteiger partial charge in [-0.1, -0.05) is 112 Å². The van der Waals surface area contributed by atoms with Gasteiger partial charge in [0.2, 0.25) is 5.91 Å². The fraction of sp³-hybridized carbons (Fsp3) is 0.235. The van der Waals surface area contributed by atoms with Crippen LogP contribution in [0.25, 0.3) is 0 Å². The number of ether oxygens (including phenoxy) is 1. The highest BCUT2D eigenvalue weighted by molar-refractivity contribution is 6.42. The van der Waals surface area contributed by atoms with Gasteiger partial charge in [0, 0.05) is 57.6 Å². The number of halogens is 4. The SMILES string of the molecule is CC(C)C(=O)NC(C)c1ccc(C(=O)NO)cc1.CC(C)C(NC(=O)c1ccc(F)cc1)c1ccc(C(=O)NO)cc1.CC(C)Oc1ccc(C(=O)NC(C)c2ccc(C(=O)NO)cc2)cc1.CC(NC(=O)Nc1ccc(F)cc1)c1ccc(C(=O)NO)cc1.CC(NC(=O)c1cc(Cl)c(Cl)n1C)c1cccc(C(=O)NO)c1. The maximum Gasteiger partial charge on any atom is 0.319 e. The number of aromatic nitrogens is 1. The Morgan fingerprint density at radius 3 is 1.11 bits per heavy atom. The summed E-state index contributed by atoms with van der Waals surface area (Å²) in [5.74, 6) is -3.82. The van der Waals surface area contributed by atoms with E-state index in [2.05, 4.69) is 31.9 Å². The second kappa shape index (κ2) is 45.0. The number of anilines is 1. The van der Waals surface area contributed by atoms with Gasteiger partial charge < -0.3 is 41.2 Å². The number of rotatable bonds is 23. The lowest BCUT2D eigenvalue weighted by Gasteiger charge is -2.23. The average molecular weight is 1600 g/mol. The summed E-state index contributed by atoms with van der Waals surface area (Å²) in [4.78, 5) is 117. The van der Waals surface area contributed by atoms with Crippen LogP contribution in [0.4, 0.5) is 19.3 Å². The Morgan fingerprint density at radius 2 is 0.717 bits per heavy atom. The van der Waals surface area contributed by atoms with Crippen molar-refractivity contribution in [1.29, 1.82) is 0 Å². The molecule has 0 saturated heterocycles. The van der Waals surface area contributed by atoms with E-state index in [9.17, 15) is 56.7 Å². The van der Waals surface area contributed by atoms with E-state index < -0.39 is 41.4 Å². The molecule has 11 amide bonds. The van der Waals surface area contributed by atoms with Crippen LogP contribution in [0.15, 0.2) is 200 Å². The fourth-order valence-electron chi connectivity index (χ4n) is 10.2. The number of nitrogens with one attached hydrogen (secondary N) is 11. The average Bonchev–Trinajstić information content (AvgIpc) is 1.67. The summed E-state index contributed by atoms with van der Waals surface area (Å²) in [5.41, 5.74) is 15.3. The van der Waals surface area contributed by atoms with Gasteiger partial charge in [-0.05, 0) is 215 Å². The van der Waals surface area contributed by atoms with E-state index in [4.69, 9.17) is 54.0 Å². The predicted octanol–water partition coefficient (Wildman–Crippen LogP) is 13.6. The summed E-state index contributed by atoms with van der Waals surface area (Å²) >= 11 is 11.9. The van der Waals surface area contributed by atoms with Crippen LogP contribution in [-0.4, -0.2) is 95.9 Å². The summed E-state index contributed by atoms with van der Waals surface area (Å²) in [6, 6.07) is 50.4. The molecule has 32 heteroatoms. The van der Waals surface area contributed by atoms with E-state index in [1.54, 1.807) is 182 Å². The molecule has 0 aliphatic heterocycles. The summed E-state index contributed by atoms with van der Waals surface area (Å²) in [6.07, 6.45) is 0.0792. The van der Waals surface area contributed by atoms with Gasteiger partial charge in [0.05, 0.1) is 41.3 Å². The Bertz CT molecular complexity index is 4680. The number of urea groups is 1. The van der Waals surface area contributed by atoms with Gasteiger partial charge in [-0.2, -0.15) is 0 Å². The van der Waals surface area contributed by atoms with E-state index >= 15 is 0 Å². The molecule has 16 N–H and O–H groups in total. The molecule has 28 nitrogen and oxygen atoms in total. The van der Waals surface area contributed by atoms with Crippen molar-refractivity contribution in [2.24, 2.45) is 18.9 Å². The summed E-state index contributed by atoms with van der Waals surface area (Å²) in [6.45, 7) is 18.8. The molecule has 8 aromatic carbocycles. The van der Waals surface area contributed by atoms with Crippen molar-refractivity contribution < 1.29 is 87.5 Å². The number of hydrogen-bond donors (Lipinski definition) is 16. The minimum absolute atomic E-state index is 0.0142. The zero-order chi connectivity index (χ0) is 83.8. The molecule has 0 aliphatic carbocycles. The third-order valence-corrected chi connectivity index (χ3v) is 17.5.